The van der Waals surface area contributed by atoms with Gasteiger partial charge in [-0.1, -0.05) is 30.7 Å². The molecular formula is C27H29FN2O. The molecule has 0 spiro atoms. The van der Waals surface area contributed by atoms with Gasteiger partial charge in [0, 0.05) is 17.5 Å². The van der Waals surface area contributed by atoms with Crippen LogP contribution in [0.4, 0.5) is 4.39 Å². The van der Waals surface area contributed by atoms with Crippen LogP contribution in [0.25, 0.3) is 17.3 Å². The number of benzene rings is 2. The molecule has 2 aromatic carbocycles. The summed E-state index contributed by atoms with van der Waals surface area (Å²) >= 11 is 0. The number of hydrogen-bond acceptors (Lipinski definition) is 2. The Bertz CT molecular complexity index is 1140. The Hall–Kier alpha value is -2.72. The molecule has 1 aromatic heterocycles. The van der Waals surface area contributed by atoms with E-state index in [-0.39, 0.29) is 17.2 Å². The molecule has 5 rings (SSSR count). The summed E-state index contributed by atoms with van der Waals surface area (Å²) in [5.74, 6) is -0.0875. The highest BCUT2D eigenvalue weighted by Gasteiger charge is 2.46. The molecule has 0 unspecified atom stereocenters. The predicted octanol–water partition coefficient (Wildman–Crippen LogP) is 6.24. The van der Waals surface area contributed by atoms with Crippen LogP contribution in [-0.2, 0) is 6.54 Å². The second-order valence-electron chi connectivity index (χ2n) is 9.45. The first-order valence-corrected chi connectivity index (χ1v) is 11.1. The monoisotopic (exact) mass is 416 g/mol. The molecule has 4 heteroatoms. The van der Waals surface area contributed by atoms with Crippen molar-refractivity contribution < 1.29 is 9.50 Å². The van der Waals surface area contributed by atoms with Crippen molar-refractivity contribution in [3.05, 3.63) is 82.6 Å². The van der Waals surface area contributed by atoms with Crippen molar-refractivity contribution in [1.29, 1.82) is 0 Å². The third-order valence-corrected chi connectivity index (χ3v) is 7.54. The van der Waals surface area contributed by atoms with E-state index in [9.17, 15) is 9.50 Å². The second kappa shape index (κ2) is 7.45. The van der Waals surface area contributed by atoms with Gasteiger partial charge < -0.3 is 9.67 Å². The van der Waals surface area contributed by atoms with Crippen LogP contribution in [0.1, 0.15) is 54.7 Å². The quantitative estimate of drug-likeness (QED) is 0.548. The average Bonchev–Trinajstić information content (AvgIpc) is 3.13. The van der Waals surface area contributed by atoms with Gasteiger partial charge in [-0.2, -0.15) is 0 Å². The smallest absolute Gasteiger partial charge is 0.123 e. The standard InChI is InChI=1S/C27H29FN2O/c1-17-6-4-7-18(2)24(17)26(31)22-9-5-8-20-14-23-25(19-10-12-21(28)13-11-19)29-16-30(23)15-27(20,22)3/h4,6-7,10-14,16,22,26,31H,5,8-9,15H2,1-3H3/t22-,26+,27+/m1/s1. The molecule has 0 amide bonds. The van der Waals surface area contributed by atoms with Gasteiger partial charge in [0.2, 0.25) is 0 Å². The molecule has 1 N–H and O–H groups in total. The number of allylic oxidation sites excluding steroid dienone is 1. The lowest BCUT2D eigenvalue weighted by Gasteiger charge is -2.48. The number of halogens is 1. The van der Waals surface area contributed by atoms with Gasteiger partial charge in [0.15, 0.2) is 0 Å². The van der Waals surface area contributed by atoms with Crippen LogP contribution >= 0.6 is 0 Å². The summed E-state index contributed by atoms with van der Waals surface area (Å²) in [5, 5.41) is 11.6. The fourth-order valence-corrected chi connectivity index (χ4v) is 5.83. The molecule has 0 saturated heterocycles. The van der Waals surface area contributed by atoms with Gasteiger partial charge in [0.25, 0.3) is 0 Å². The van der Waals surface area contributed by atoms with E-state index in [2.05, 4.69) is 54.6 Å². The third kappa shape index (κ3) is 3.25. The molecule has 1 aliphatic heterocycles. The summed E-state index contributed by atoms with van der Waals surface area (Å²) in [7, 11) is 0. The highest BCUT2D eigenvalue weighted by Crippen LogP contribution is 2.54. The average molecular weight is 417 g/mol. The van der Waals surface area contributed by atoms with Gasteiger partial charge in [-0.3, -0.25) is 0 Å². The lowest BCUT2D eigenvalue weighted by molar-refractivity contribution is 0.0117. The zero-order valence-corrected chi connectivity index (χ0v) is 18.4. The maximum Gasteiger partial charge on any atom is 0.123 e. The second-order valence-corrected chi connectivity index (χ2v) is 9.45. The summed E-state index contributed by atoms with van der Waals surface area (Å²) < 4.78 is 15.6. The molecule has 3 atom stereocenters. The maximum atomic E-state index is 13.4. The van der Waals surface area contributed by atoms with Gasteiger partial charge in [0.1, 0.15) is 5.82 Å². The summed E-state index contributed by atoms with van der Waals surface area (Å²) in [6.07, 6.45) is 6.81. The number of aliphatic hydroxyl groups excluding tert-OH is 1. The van der Waals surface area contributed by atoms with Gasteiger partial charge in [0.05, 0.1) is 23.8 Å². The van der Waals surface area contributed by atoms with Crippen molar-refractivity contribution in [3.63, 3.8) is 0 Å². The molecule has 3 nitrogen and oxygen atoms in total. The van der Waals surface area contributed by atoms with Gasteiger partial charge in [-0.15, -0.1) is 0 Å². The van der Waals surface area contributed by atoms with E-state index in [1.165, 1.54) is 17.7 Å². The van der Waals surface area contributed by atoms with Crippen LogP contribution in [0.2, 0.25) is 0 Å². The number of aryl methyl sites for hydroxylation is 2. The van der Waals surface area contributed by atoms with Crippen molar-refractivity contribution >= 4 is 6.08 Å². The molecule has 2 heterocycles. The fraction of sp³-hybridized carbons (Fsp3) is 0.370. The Kier molecular flexibility index (Phi) is 4.86. The van der Waals surface area contributed by atoms with Crippen LogP contribution in [-0.4, -0.2) is 14.7 Å². The molecule has 1 aliphatic carbocycles. The number of hydrogen-bond donors (Lipinski definition) is 1. The molecule has 0 radical (unpaired) electrons. The van der Waals surface area contributed by atoms with E-state index >= 15 is 0 Å². The number of rotatable bonds is 3. The Balaban J connectivity index is 1.54. The molecule has 2 aliphatic rings. The van der Waals surface area contributed by atoms with Crippen LogP contribution in [0, 0.1) is 31.0 Å². The largest absolute Gasteiger partial charge is 0.388 e. The maximum absolute atomic E-state index is 13.4. The minimum Gasteiger partial charge on any atom is -0.388 e. The third-order valence-electron chi connectivity index (χ3n) is 7.54. The summed E-state index contributed by atoms with van der Waals surface area (Å²) in [5.41, 5.74) is 7.57. The number of aliphatic hydroxyl groups is 1. The SMILES string of the molecule is Cc1cccc(C)c1[C@@H](O)[C@H]1CCCC2=Cc3c(-c4ccc(F)cc4)ncn3C[C@@]21C. The van der Waals surface area contributed by atoms with Crippen molar-refractivity contribution in [2.75, 3.05) is 0 Å². The van der Waals surface area contributed by atoms with Crippen molar-refractivity contribution in [1.82, 2.24) is 9.55 Å². The van der Waals surface area contributed by atoms with Crippen LogP contribution in [0.15, 0.2) is 54.4 Å². The molecule has 160 valence electrons. The van der Waals surface area contributed by atoms with Crippen molar-refractivity contribution in [3.8, 4) is 11.3 Å². The summed E-state index contributed by atoms with van der Waals surface area (Å²) in [4.78, 5) is 4.68. The van der Waals surface area contributed by atoms with E-state index in [0.29, 0.717) is 0 Å². The van der Waals surface area contributed by atoms with Crippen LogP contribution < -0.4 is 0 Å². The van der Waals surface area contributed by atoms with Crippen molar-refractivity contribution in [2.24, 2.45) is 11.3 Å². The van der Waals surface area contributed by atoms with Gasteiger partial charge >= 0.3 is 0 Å². The molecule has 31 heavy (non-hydrogen) atoms. The number of fused-ring (bicyclic) bond motifs is 2. The van der Waals surface area contributed by atoms with E-state index in [1.54, 1.807) is 12.1 Å². The minimum atomic E-state index is -0.489. The van der Waals surface area contributed by atoms with Crippen LogP contribution in [0.5, 0.6) is 0 Å². The Morgan fingerprint density at radius 3 is 2.55 bits per heavy atom. The lowest BCUT2D eigenvalue weighted by atomic mass is 9.60. The first-order chi connectivity index (χ1) is 14.9. The summed E-state index contributed by atoms with van der Waals surface area (Å²) in [6.45, 7) is 7.30. The predicted molar refractivity (Wildman–Crippen MR) is 122 cm³/mol. The van der Waals surface area contributed by atoms with Crippen molar-refractivity contribution in [2.45, 2.75) is 52.7 Å². The van der Waals surface area contributed by atoms with E-state index < -0.39 is 6.10 Å². The Labute approximate surface area is 183 Å². The molecule has 1 fully saturated rings. The fourth-order valence-electron chi connectivity index (χ4n) is 5.83. The molecule has 1 saturated carbocycles. The highest BCUT2D eigenvalue weighted by molar-refractivity contribution is 5.72. The molecular weight excluding hydrogens is 387 g/mol. The number of imidazole rings is 1. The highest BCUT2D eigenvalue weighted by atomic mass is 19.1. The first kappa shape index (κ1) is 20.2. The number of nitrogens with zero attached hydrogens (tertiary/aromatic N) is 2. The molecule has 3 aromatic rings. The molecule has 0 bridgehead atoms. The minimum absolute atomic E-state index is 0.125. The van der Waals surface area contributed by atoms with Gasteiger partial charge in [-0.25, -0.2) is 9.37 Å². The number of aromatic nitrogens is 2. The van der Waals surface area contributed by atoms with E-state index in [4.69, 9.17) is 0 Å². The lowest BCUT2D eigenvalue weighted by Crippen LogP contribution is -2.42. The van der Waals surface area contributed by atoms with E-state index in [0.717, 1.165) is 59.4 Å². The van der Waals surface area contributed by atoms with Gasteiger partial charge in [-0.05, 0) is 86.1 Å². The summed E-state index contributed by atoms with van der Waals surface area (Å²) in [6, 6.07) is 12.8. The Morgan fingerprint density at radius 2 is 1.84 bits per heavy atom. The van der Waals surface area contributed by atoms with E-state index in [1.807, 2.05) is 6.33 Å². The normalized spacial score (nSPS) is 23.6. The zero-order chi connectivity index (χ0) is 21.8. The first-order valence-electron chi connectivity index (χ1n) is 11.1. The van der Waals surface area contributed by atoms with Crippen LogP contribution in [0.3, 0.4) is 0 Å². The zero-order valence-electron chi connectivity index (χ0n) is 18.4. The Morgan fingerprint density at radius 1 is 1.13 bits per heavy atom. The topological polar surface area (TPSA) is 38.1 Å².